The van der Waals surface area contributed by atoms with Crippen molar-refractivity contribution < 1.29 is 25.2 Å². The van der Waals surface area contributed by atoms with E-state index in [0.717, 1.165) is 0 Å². The molecule has 1 saturated heterocycles. The topological polar surface area (TPSA) is 132 Å². The molecule has 0 spiro atoms. The van der Waals surface area contributed by atoms with Gasteiger partial charge in [0, 0.05) is 0 Å². The highest BCUT2D eigenvalue weighted by Crippen LogP contribution is 2.22. The minimum Gasteiger partial charge on any atom is -0.394 e. The van der Waals surface area contributed by atoms with Gasteiger partial charge in [-0.2, -0.15) is 0 Å². The molecular weight excluding hydrogens is 220 g/mol. The van der Waals surface area contributed by atoms with Gasteiger partial charge in [-0.3, -0.25) is 5.32 Å². The van der Waals surface area contributed by atoms with Crippen LogP contribution in [0.4, 0.5) is 0 Å². The normalized spacial score (nSPS) is 41.7. The third-order valence-corrected chi connectivity index (χ3v) is 2.44. The van der Waals surface area contributed by atoms with Crippen molar-refractivity contribution in [1.82, 2.24) is 5.32 Å². The van der Waals surface area contributed by atoms with E-state index in [9.17, 15) is 15.1 Å². The fourth-order valence-corrected chi connectivity index (χ4v) is 1.65. The Labute approximate surface area is 91.8 Å². The average Bonchev–Trinajstić information content (AvgIpc) is 2.25. The van der Waals surface area contributed by atoms with E-state index in [-0.39, 0.29) is 0 Å². The molecular formula is C8H16N2O6. The highest BCUT2D eigenvalue weighted by molar-refractivity contribution is 4.95. The van der Waals surface area contributed by atoms with Crippen LogP contribution in [0.5, 0.6) is 0 Å². The summed E-state index contributed by atoms with van der Waals surface area (Å²) in [5.41, 5.74) is 0. The Morgan fingerprint density at radius 1 is 1.44 bits per heavy atom. The Kier molecular flexibility index (Phi) is 4.71. The molecule has 0 amide bonds. The van der Waals surface area contributed by atoms with Gasteiger partial charge >= 0.3 is 0 Å². The van der Waals surface area contributed by atoms with Gasteiger partial charge in [0.1, 0.15) is 24.5 Å². The summed E-state index contributed by atoms with van der Waals surface area (Å²) in [6.45, 7) is 0.852. The SMILES string of the molecule is CC(O)NC1C(O)[C@H](O)C(CO)O[C@H]1N=O. The predicted molar refractivity (Wildman–Crippen MR) is 52.2 cm³/mol. The standard InChI is InChI=1S/C8H16N2O6/c1-3(12)9-5-7(14)6(13)4(2-11)16-8(5)10-15/h3-9,11-14H,2H2,1H3/t3?,4?,5?,6-,7?,8-/m1/s1. The fraction of sp³-hybridized carbons (Fsp3) is 1.00. The molecule has 0 aromatic rings. The summed E-state index contributed by atoms with van der Waals surface area (Å²) >= 11 is 0. The second-order valence-corrected chi connectivity index (χ2v) is 3.70. The highest BCUT2D eigenvalue weighted by Gasteiger charge is 2.45. The molecule has 5 N–H and O–H groups in total. The van der Waals surface area contributed by atoms with Crippen LogP contribution in [-0.4, -0.2) is 63.8 Å². The van der Waals surface area contributed by atoms with E-state index in [4.69, 9.17) is 14.9 Å². The Morgan fingerprint density at radius 3 is 2.50 bits per heavy atom. The summed E-state index contributed by atoms with van der Waals surface area (Å²) in [5.74, 6) is 0. The maximum Gasteiger partial charge on any atom is 0.208 e. The second-order valence-electron chi connectivity index (χ2n) is 3.70. The van der Waals surface area contributed by atoms with E-state index in [1.807, 2.05) is 0 Å². The van der Waals surface area contributed by atoms with E-state index < -0.39 is 43.4 Å². The number of hydrogen-bond acceptors (Lipinski definition) is 8. The van der Waals surface area contributed by atoms with E-state index >= 15 is 0 Å². The van der Waals surface area contributed by atoms with E-state index in [2.05, 4.69) is 10.5 Å². The van der Waals surface area contributed by atoms with Crippen molar-refractivity contribution in [2.24, 2.45) is 5.18 Å². The number of aliphatic hydroxyl groups excluding tert-OH is 4. The maximum absolute atomic E-state index is 10.5. The third-order valence-electron chi connectivity index (χ3n) is 2.44. The van der Waals surface area contributed by atoms with E-state index in [1.165, 1.54) is 6.92 Å². The number of rotatable bonds is 4. The van der Waals surface area contributed by atoms with Gasteiger partial charge in [-0.1, -0.05) is 0 Å². The summed E-state index contributed by atoms with van der Waals surface area (Å²) in [6, 6.07) is -1.02. The van der Waals surface area contributed by atoms with Crippen LogP contribution >= 0.6 is 0 Å². The van der Waals surface area contributed by atoms with Crippen LogP contribution < -0.4 is 5.32 Å². The molecule has 0 saturated carbocycles. The lowest BCUT2D eigenvalue weighted by Gasteiger charge is -2.40. The molecule has 1 fully saturated rings. The molecule has 1 aliphatic rings. The van der Waals surface area contributed by atoms with Crippen LogP contribution in [-0.2, 0) is 4.74 Å². The van der Waals surface area contributed by atoms with Gasteiger partial charge in [0.2, 0.25) is 6.23 Å². The lowest BCUT2D eigenvalue weighted by Crippen LogP contribution is -2.63. The van der Waals surface area contributed by atoms with Gasteiger partial charge in [-0.15, -0.1) is 4.91 Å². The molecule has 94 valence electrons. The zero-order valence-electron chi connectivity index (χ0n) is 8.72. The smallest absolute Gasteiger partial charge is 0.208 e. The molecule has 4 unspecified atom stereocenters. The molecule has 1 heterocycles. The molecule has 1 rings (SSSR count). The van der Waals surface area contributed by atoms with Gasteiger partial charge < -0.3 is 25.2 Å². The molecule has 0 aromatic carbocycles. The number of nitrogens with one attached hydrogen (secondary N) is 1. The van der Waals surface area contributed by atoms with Crippen molar-refractivity contribution in [1.29, 1.82) is 0 Å². The predicted octanol–water partition coefficient (Wildman–Crippen LogP) is -2.51. The van der Waals surface area contributed by atoms with Gasteiger partial charge in [-0.25, -0.2) is 0 Å². The number of hydrogen-bond donors (Lipinski definition) is 5. The van der Waals surface area contributed by atoms with E-state index in [0.29, 0.717) is 0 Å². The number of nitroso groups, excluding NO2 is 1. The fourth-order valence-electron chi connectivity index (χ4n) is 1.65. The monoisotopic (exact) mass is 236 g/mol. The summed E-state index contributed by atoms with van der Waals surface area (Å²) in [7, 11) is 0. The van der Waals surface area contributed by atoms with E-state index in [1.54, 1.807) is 0 Å². The summed E-state index contributed by atoms with van der Waals surface area (Å²) in [6.07, 6.45) is -6.04. The van der Waals surface area contributed by atoms with Crippen LogP contribution in [0.25, 0.3) is 0 Å². The first-order valence-corrected chi connectivity index (χ1v) is 4.90. The molecule has 1 aliphatic heterocycles. The first-order valence-electron chi connectivity index (χ1n) is 4.90. The number of aliphatic hydroxyl groups is 4. The Bertz CT molecular complexity index is 239. The molecule has 0 aromatic heterocycles. The minimum absolute atomic E-state index is 0.536. The summed E-state index contributed by atoms with van der Waals surface area (Å²) < 4.78 is 4.97. The molecule has 8 heteroatoms. The third kappa shape index (κ3) is 2.73. The van der Waals surface area contributed by atoms with Crippen molar-refractivity contribution in [2.45, 2.75) is 43.7 Å². The molecule has 6 atom stereocenters. The zero-order valence-corrected chi connectivity index (χ0v) is 8.72. The lowest BCUT2D eigenvalue weighted by molar-refractivity contribution is -0.196. The Balaban J connectivity index is 2.77. The maximum atomic E-state index is 10.5. The largest absolute Gasteiger partial charge is 0.394 e. The lowest BCUT2D eigenvalue weighted by atomic mass is 9.96. The van der Waals surface area contributed by atoms with Crippen LogP contribution in [0.3, 0.4) is 0 Å². The molecule has 8 nitrogen and oxygen atoms in total. The number of nitrogens with zero attached hydrogens (tertiary/aromatic N) is 1. The summed E-state index contributed by atoms with van der Waals surface area (Å²) in [5, 5.41) is 42.2. The summed E-state index contributed by atoms with van der Waals surface area (Å²) in [4.78, 5) is 10.5. The first kappa shape index (κ1) is 13.4. The van der Waals surface area contributed by atoms with Crippen LogP contribution in [0.15, 0.2) is 5.18 Å². The molecule has 0 radical (unpaired) electrons. The van der Waals surface area contributed by atoms with Crippen molar-refractivity contribution in [3.8, 4) is 0 Å². The zero-order chi connectivity index (χ0) is 12.3. The van der Waals surface area contributed by atoms with Gasteiger partial charge in [0.05, 0.1) is 12.6 Å². The Morgan fingerprint density at radius 2 is 2.06 bits per heavy atom. The molecule has 16 heavy (non-hydrogen) atoms. The van der Waals surface area contributed by atoms with Gasteiger partial charge in [0.25, 0.3) is 0 Å². The molecule has 0 aliphatic carbocycles. The van der Waals surface area contributed by atoms with Crippen molar-refractivity contribution in [2.75, 3.05) is 6.61 Å². The van der Waals surface area contributed by atoms with Crippen LogP contribution in [0.1, 0.15) is 6.92 Å². The van der Waals surface area contributed by atoms with Gasteiger partial charge in [0.15, 0.2) is 0 Å². The minimum atomic E-state index is -1.36. The van der Waals surface area contributed by atoms with Crippen molar-refractivity contribution in [3.63, 3.8) is 0 Å². The van der Waals surface area contributed by atoms with Crippen LogP contribution in [0, 0.1) is 4.91 Å². The highest BCUT2D eigenvalue weighted by atomic mass is 16.6. The van der Waals surface area contributed by atoms with Crippen LogP contribution in [0.2, 0.25) is 0 Å². The average molecular weight is 236 g/mol. The quantitative estimate of drug-likeness (QED) is 0.269. The number of ether oxygens (including phenoxy) is 1. The first-order chi connectivity index (χ1) is 7.51. The van der Waals surface area contributed by atoms with Crippen molar-refractivity contribution in [3.05, 3.63) is 4.91 Å². The second kappa shape index (κ2) is 5.62. The Hall–Kier alpha value is -0.640. The van der Waals surface area contributed by atoms with Gasteiger partial charge in [-0.05, 0) is 12.1 Å². The molecule has 0 bridgehead atoms. The van der Waals surface area contributed by atoms with Crippen molar-refractivity contribution >= 4 is 0 Å².